The van der Waals surface area contributed by atoms with Gasteiger partial charge in [0.15, 0.2) is 11.5 Å². The Labute approximate surface area is 208 Å². The molecule has 3 aromatic heterocycles. The predicted octanol–water partition coefficient (Wildman–Crippen LogP) is 1.80. The fourth-order valence-corrected chi connectivity index (χ4v) is 5.35. The fraction of sp³-hybridized carbons (Fsp3) is 0.520. The first kappa shape index (κ1) is 23.1. The van der Waals surface area contributed by atoms with Gasteiger partial charge in [0.25, 0.3) is 11.5 Å². The number of aliphatic hydroxyl groups is 1. The highest BCUT2D eigenvalue weighted by molar-refractivity contribution is 5.85. The number of aromatic nitrogens is 6. The van der Waals surface area contributed by atoms with Gasteiger partial charge in [-0.25, -0.2) is 9.67 Å². The molecule has 2 aliphatic heterocycles. The fourth-order valence-electron chi connectivity index (χ4n) is 5.35. The molecule has 0 saturated carbocycles. The Morgan fingerprint density at radius 2 is 1.83 bits per heavy atom. The normalized spacial score (nSPS) is 18.5. The summed E-state index contributed by atoms with van der Waals surface area (Å²) >= 11 is 0. The number of benzene rings is 1. The summed E-state index contributed by atoms with van der Waals surface area (Å²) in [4.78, 5) is 35.0. The largest absolute Gasteiger partial charge is 0.390 e. The van der Waals surface area contributed by atoms with E-state index in [0.29, 0.717) is 55.7 Å². The number of fused-ring (bicyclic) bond motifs is 2. The van der Waals surface area contributed by atoms with Gasteiger partial charge in [-0.3, -0.25) is 14.8 Å². The third-order valence-corrected chi connectivity index (χ3v) is 7.44. The van der Waals surface area contributed by atoms with E-state index in [4.69, 9.17) is 19.7 Å². The summed E-state index contributed by atoms with van der Waals surface area (Å²) in [5.41, 5.74) is 1.26. The summed E-state index contributed by atoms with van der Waals surface area (Å²) in [7, 11) is 0. The highest BCUT2D eigenvalue weighted by Gasteiger charge is 2.31. The van der Waals surface area contributed by atoms with Crippen molar-refractivity contribution in [2.75, 3.05) is 44.3 Å². The molecule has 5 heterocycles. The van der Waals surface area contributed by atoms with Gasteiger partial charge in [-0.1, -0.05) is 12.1 Å². The van der Waals surface area contributed by atoms with Crippen LogP contribution in [0.5, 0.6) is 0 Å². The Morgan fingerprint density at radius 3 is 2.58 bits per heavy atom. The summed E-state index contributed by atoms with van der Waals surface area (Å²) in [6, 6.07) is 7.40. The van der Waals surface area contributed by atoms with E-state index in [1.165, 1.54) is 0 Å². The Morgan fingerprint density at radius 1 is 1.08 bits per heavy atom. The van der Waals surface area contributed by atoms with Gasteiger partial charge < -0.3 is 19.7 Å². The third-order valence-electron chi connectivity index (χ3n) is 7.44. The molecule has 190 valence electrons. The first-order valence-electron chi connectivity index (χ1n) is 12.6. The van der Waals surface area contributed by atoms with E-state index in [1.807, 2.05) is 32.0 Å². The monoisotopic (exact) mass is 492 g/mol. The average molecular weight is 493 g/mol. The molecule has 36 heavy (non-hydrogen) atoms. The second-order valence-corrected chi connectivity index (χ2v) is 10.3. The van der Waals surface area contributed by atoms with Gasteiger partial charge in [0.05, 0.1) is 36.3 Å². The molecule has 6 rings (SSSR count). The number of rotatable bonds is 5. The highest BCUT2D eigenvalue weighted by Crippen LogP contribution is 2.29. The van der Waals surface area contributed by atoms with Crippen LogP contribution in [0.3, 0.4) is 0 Å². The van der Waals surface area contributed by atoms with Crippen molar-refractivity contribution in [2.24, 2.45) is 5.92 Å². The quantitative estimate of drug-likeness (QED) is 0.385. The molecule has 1 aromatic carbocycles. The van der Waals surface area contributed by atoms with Crippen LogP contribution >= 0.6 is 0 Å². The van der Waals surface area contributed by atoms with E-state index in [0.717, 1.165) is 48.6 Å². The van der Waals surface area contributed by atoms with E-state index >= 15 is 0 Å². The van der Waals surface area contributed by atoms with Crippen LogP contribution in [0.15, 0.2) is 29.1 Å². The first-order valence-corrected chi connectivity index (χ1v) is 12.6. The molecular weight excluding hydrogens is 460 g/mol. The van der Waals surface area contributed by atoms with Crippen molar-refractivity contribution in [2.45, 2.75) is 38.8 Å². The molecular formula is C25H32N8O3. The molecule has 0 atom stereocenters. The lowest BCUT2D eigenvalue weighted by Gasteiger charge is -2.37. The summed E-state index contributed by atoms with van der Waals surface area (Å²) < 4.78 is 7.20. The van der Waals surface area contributed by atoms with Crippen molar-refractivity contribution in [1.29, 1.82) is 0 Å². The van der Waals surface area contributed by atoms with Crippen LogP contribution in [0.1, 0.15) is 32.5 Å². The molecule has 2 fully saturated rings. The van der Waals surface area contributed by atoms with Gasteiger partial charge in [0.2, 0.25) is 0 Å². The Bertz CT molecular complexity index is 1440. The van der Waals surface area contributed by atoms with Crippen molar-refractivity contribution in [3.63, 3.8) is 0 Å². The number of morpholine rings is 1. The smallest absolute Gasteiger partial charge is 0.272 e. The molecule has 2 aliphatic rings. The molecule has 11 nitrogen and oxygen atoms in total. The molecule has 2 saturated heterocycles. The van der Waals surface area contributed by atoms with Gasteiger partial charge >= 0.3 is 0 Å². The van der Waals surface area contributed by atoms with Crippen LogP contribution in [0.2, 0.25) is 0 Å². The van der Waals surface area contributed by atoms with Crippen molar-refractivity contribution in [1.82, 2.24) is 34.6 Å². The molecule has 0 aliphatic carbocycles. The molecule has 0 unspecified atom stereocenters. The average Bonchev–Trinajstić information content (AvgIpc) is 3.44. The molecule has 0 amide bonds. The number of H-pyrrole nitrogens is 2. The minimum atomic E-state index is -0.645. The number of hydrogen-bond acceptors (Lipinski definition) is 8. The Hall–Kier alpha value is -3.28. The number of hydrogen-bond donors (Lipinski definition) is 3. The summed E-state index contributed by atoms with van der Waals surface area (Å²) in [5.74, 6) is 2.28. The standard InChI is InChI=1S/C25H32N8O3/c1-25(2,35)16-7-9-31(10-8-16)15-19-26-20-21(27-19)28-24(29-22(20)32-11-13-36-14-12-32)33-18-6-4-3-5-17(18)23(34)30-33/h3-6,16,35H,7-15H2,1-2H3,(H,30,34)(H,26,27,28,29). The van der Waals surface area contributed by atoms with Crippen molar-refractivity contribution >= 4 is 27.9 Å². The Kier molecular flexibility index (Phi) is 5.78. The zero-order chi connectivity index (χ0) is 24.9. The molecule has 0 bridgehead atoms. The second-order valence-electron chi connectivity index (χ2n) is 10.3. The zero-order valence-corrected chi connectivity index (χ0v) is 20.7. The maximum atomic E-state index is 12.5. The van der Waals surface area contributed by atoms with Gasteiger partial charge in [-0.2, -0.15) is 9.97 Å². The number of aromatic amines is 2. The number of anilines is 1. The minimum Gasteiger partial charge on any atom is -0.390 e. The summed E-state index contributed by atoms with van der Waals surface area (Å²) in [6.45, 7) is 8.98. The number of ether oxygens (including phenoxy) is 1. The predicted molar refractivity (Wildman–Crippen MR) is 136 cm³/mol. The van der Waals surface area contributed by atoms with Crippen LogP contribution in [0.25, 0.3) is 28.0 Å². The van der Waals surface area contributed by atoms with Crippen molar-refractivity contribution < 1.29 is 9.84 Å². The molecule has 11 heteroatoms. The number of nitrogens with one attached hydrogen (secondary N) is 2. The zero-order valence-electron chi connectivity index (χ0n) is 20.7. The van der Waals surface area contributed by atoms with E-state index in [-0.39, 0.29) is 5.56 Å². The van der Waals surface area contributed by atoms with E-state index < -0.39 is 5.60 Å². The van der Waals surface area contributed by atoms with Crippen LogP contribution in [0.4, 0.5) is 5.82 Å². The number of likely N-dealkylation sites (tertiary alicyclic amines) is 1. The van der Waals surface area contributed by atoms with Crippen LogP contribution in [0, 0.1) is 5.92 Å². The van der Waals surface area contributed by atoms with Crippen LogP contribution in [-0.4, -0.2) is 84.7 Å². The van der Waals surface area contributed by atoms with E-state index in [1.54, 1.807) is 10.7 Å². The second kappa shape index (κ2) is 8.99. The SMILES string of the molecule is CC(C)(O)C1CCN(Cc2nc3nc(-n4[nH]c(=O)c5ccccc54)nc(N4CCOCC4)c3[nH]2)CC1. The molecule has 4 aromatic rings. The van der Waals surface area contributed by atoms with Gasteiger partial charge in [0, 0.05) is 13.1 Å². The number of nitrogens with zero attached hydrogens (tertiary/aromatic N) is 6. The van der Waals surface area contributed by atoms with Crippen LogP contribution < -0.4 is 10.5 Å². The first-order chi connectivity index (χ1) is 17.4. The lowest BCUT2D eigenvalue weighted by Crippen LogP contribution is -2.41. The number of para-hydroxylation sites is 1. The lowest BCUT2D eigenvalue weighted by atomic mass is 9.83. The molecule has 0 radical (unpaired) electrons. The van der Waals surface area contributed by atoms with Gasteiger partial charge in [-0.15, -0.1) is 0 Å². The highest BCUT2D eigenvalue weighted by atomic mass is 16.5. The van der Waals surface area contributed by atoms with E-state index in [2.05, 4.69) is 19.9 Å². The molecule has 3 N–H and O–H groups in total. The maximum Gasteiger partial charge on any atom is 0.272 e. The minimum absolute atomic E-state index is 0.181. The van der Waals surface area contributed by atoms with Crippen LogP contribution in [-0.2, 0) is 11.3 Å². The molecule has 0 spiro atoms. The number of imidazole rings is 1. The maximum absolute atomic E-state index is 12.5. The van der Waals surface area contributed by atoms with Crippen molar-refractivity contribution in [3.05, 3.63) is 40.4 Å². The number of piperidine rings is 1. The van der Waals surface area contributed by atoms with Gasteiger partial charge in [-0.05, 0) is 57.8 Å². The van der Waals surface area contributed by atoms with E-state index in [9.17, 15) is 9.90 Å². The van der Waals surface area contributed by atoms with Crippen molar-refractivity contribution in [3.8, 4) is 5.95 Å². The third kappa shape index (κ3) is 4.27. The lowest BCUT2D eigenvalue weighted by molar-refractivity contribution is -0.0138. The summed E-state index contributed by atoms with van der Waals surface area (Å²) in [6.07, 6.45) is 1.92. The van der Waals surface area contributed by atoms with Gasteiger partial charge in [0.1, 0.15) is 11.3 Å². The topological polar surface area (TPSA) is 128 Å². The Balaban J connectivity index is 1.36. The summed E-state index contributed by atoms with van der Waals surface area (Å²) in [5, 5.41) is 13.8.